The smallest absolute Gasteiger partial charge is 0.0469 e. The van der Waals surface area contributed by atoms with Crippen LogP contribution in [0.2, 0.25) is 0 Å². The molecule has 0 aromatic heterocycles. The van der Waals surface area contributed by atoms with Crippen LogP contribution >= 0.6 is 47.8 Å². The Morgan fingerprint density at radius 3 is 1.43 bits per heavy atom. The summed E-state index contributed by atoms with van der Waals surface area (Å²) in [5.41, 5.74) is 14.6. The highest BCUT2D eigenvalue weighted by molar-refractivity contribution is 9.13. The van der Waals surface area contributed by atoms with E-state index in [2.05, 4.69) is 233 Å². The van der Waals surface area contributed by atoms with Crippen LogP contribution in [0.25, 0.3) is 43.8 Å². The number of rotatable bonds is 4. The summed E-state index contributed by atoms with van der Waals surface area (Å²) >= 11 is 10.7. The van der Waals surface area contributed by atoms with Gasteiger partial charge in [-0.3, -0.25) is 0 Å². The van der Waals surface area contributed by atoms with Gasteiger partial charge < -0.3 is 0 Å². The third-order valence-corrected chi connectivity index (χ3v) is 15.9. The van der Waals surface area contributed by atoms with E-state index in [9.17, 15) is 0 Å². The minimum atomic E-state index is 0.0869. The molecule has 61 heavy (non-hydrogen) atoms. The van der Waals surface area contributed by atoms with Gasteiger partial charge in [0.15, 0.2) is 0 Å². The first kappa shape index (κ1) is 42.5. The lowest BCUT2D eigenvalue weighted by molar-refractivity contribution is 0.490. The molecule has 0 spiro atoms. The summed E-state index contributed by atoms with van der Waals surface area (Å²) in [4.78, 5) is 0. The van der Waals surface area contributed by atoms with Crippen molar-refractivity contribution in [1.29, 1.82) is 0 Å². The summed E-state index contributed by atoms with van der Waals surface area (Å²) < 4.78 is 3.26. The summed E-state index contributed by atoms with van der Waals surface area (Å²) in [5.74, 6) is 9.68. The van der Waals surface area contributed by atoms with Crippen LogP contribution in [0.3, 0.4) is 0 Å². The van der Waals surface area contributed by atoms with Crippen LogP contribution in [0.4, 0.5) is 0 Å². The molecular formula is C58H47Br3. The first-order valence-electron chi connectivity index (χ1n) is 21.2. The maximum absolute atomic E-state index is 5.57. The Bertz CT molecular complexity index is 3030. The van der Waals surface area contributed by atoms with E-state index in [4.69, 9.17) is 6.42 Å². The fourth-order valence-corrected chi connectivity index (χ4v) is 11.1. The SMILES string of the molecule is Brc1ccc2ccccc2c1Br.C#Cc1ccc2c(c1)C(CC)(CC)c1ccccc1-2.CCC1(CC)c2ccccc2-c2ccc(C#Cc3c(Br)ccc4ccccc34)cc21. The second kappa shape index (κ2) is 18.1. The molecule has 0 radical (unpaired) electrons. The van der Waals surface area contributed by atoms with Crippen molar-refractivity contribution in [3.8, 4) is 46.4 Å². The van der Waals surface area contributed by atoms with Gasteiger partial charge in [0.25, 0.3) is 0 Å². The van der Waals surface area contributed by atoms with Gasteiger partial charge in [0.05, 0.1) is 0 Å². The minimum Gasteiger partial charge on any atom is -0.115 e. The molecule has 0 unspecified atom stereocenters. The molecule has 0 nitrogen and oxygen atoms in total. The van der Waals surface area contributed by atoms with Crippen molar-refractivity contribution >= 4 is 69.3 Å². The van der Waals surface area contributed by atoms with Gasteiger partial charge in [0.1, 0.15) is 0 Å². The molecule has 2 aliphatic rings. The molecule has 300 valence electrons. The Morgan fingerprint density at radius 2 is 0.869 bits per heavy atom. The molecule has 0 fully saturated rings. The first-order valence-corrected chi connectivity index (χ1v) is 23.6. The standard InChI is InChI=1S/C29H23Br.C19H18.C10H6Br2/c1-3-29(4-2)26-12-8-7-11-23(26)24-16-13-20(19-27(24)29)14-17-25-22-10-6-5-9-21(22)15-18-28(25)30;1-4-14-11-12-16-15-9-7-8-10-17(15)19(5-2,6-3)18(16)13-14;11-9-6-5-7-3-1-2-4-8(7)10(9)12/h5-13,15-16,18-19H,3-4H2,1-2H3;1,7-13H,5-6H2,2-3H3;1-6H. The van der Waals surface area contributed by atoms with Crippen molar-refractivity contribution in [3.05, 3.63) is 210 Å². The first-order chi connectivity index (χ1) is 29.7. The molecule has 0 atom stereocenters. The molecule has 0 saturated heterocycles. The van der Waals surface area contributed by atoms with Crippen molar-refractivity contribution in [2.24, 2.45) is 0 Å². The average molecular weight is 984 g/mol. The highest BCUT2D eigenvalue weighted by atomic mass is 79.9. The summed E-state index contributed by atoms with van der Waals surface area (Å²) in [6, 6.07) is 56.0. The highest BCUT2D eigenvalue weighted by Gasteiger charge is 2.41. The monoisotopic (exact) mass is 980 g/mol. The van der Waals surface area contributed by atoms with Crippen molar-refractivity contribution in [1.82, 2.24) is 0 Å². The van der Waals surface area contributed by atoms with Crippen LogP contribution < -0.4 is 0 Å². The highest BCUT2D eigenvalue weighted by Crippen LogP contribution is 2.54. The van der Waals surface area contributed by atoms with E-state index in [1.807, 2.05) is 18.2 Å². The Morgan fingerprint density at radius 1 is 0.426 bits per heavy atom. The number of fused-ring (bicyclic) bond motifs is 8. The van der Waals surface area contributed by atoms with Gasteiger partial charge in [-0.2, -0.15) is 0 Å². The largest absolute Gasteiger partial charge is 0.115 e. The van der Waals surface area contributed by atoms with Crippen LogP contribution in [-0.2, 0) is 10.8 Å². The third-order valence-electron chi connectivity index (χ3n) is 13.1. The number of halogens is 3. The van der Waals surface area contributed by atoms with Gasteiger partial charge in [-0.15, -0.1) is 6.42 Å². The molecule has 0 saturated carbocycles. The zero-order valence-electron chi connectivity index (χ0n) is 35.1. The second-order valence-electron chi connectivity index (χ2n) is 15.8. The fourth-order valence-electron chi connectivity index (χ4n) is 9.82. The third kappa shape index (κ3) is 7.61. The Hall–Kier alpha value is -5.16. The van der Waals surface area contributed by atoms with Crippen molar-refractivity contribution in [2.45, 2.75) is 64.2 Å². The quantitative estimate of drug-likeness (QED) is 0.154. The normalized spacial score (nSPS) is 13.2. The average Bonchev–Trinajstić information content (AvgIpc) is 3.76. The molecule has 10 rings (SSSR count). The molecule has 8 aromatic carbocycles. The molecule has 0 bridgehead atoms. The number of hydrogen-bond donors (Lipinski definition) is 0. The Balaban J connectivity index is 0.000000141. The lowest BCUT2D eigenvalue weighted by atomic mass is 9.73. The number of hydrogen-bond acceptors (Lipinski definition) is 0. The van der Waals surface area contributed by atoms with Gasteiger partial charge in [0, 0.05) is 40.9 Å². The van der Waals surface area contributed by atoms with Gasteiger partial charge in [-0.05, 0) is 176 Å². The summed E-state index contributed by atoms with van der Waals surface area (Å²) in [5, 5.41) is 4.90. The van der Waals surface area contributed by atoms with E-state index < -0.39 is 0 Å². The number of terminal acetylenes is 1. The molecule has 3 heteroatoms. The Labute approximate surface area is 387 Å². The lowest BCUT2D eigenvalue weighted by Crippen LogP contribution is -2.23. The number of benzene rings is 8. The molecule has 8 aromatic rings. The topological polar surface area (TPSA) is 0 Å². The zero-order chi connectivity index (χ0) is 42.7. The predicted octanol–water partition coefficient (Wildman–Crippen LogP) is 17.2. The van der Waals surface area contributed by atoms with Gasteiger partial charge >= 0.3 is 0 Å². The van der Waals surface area contributed by atoms with E-state index >= 15 is 0 Å². The van der Waals surface area contributed by atoms with Crippen LogP contribution in [0, 0.1) is 24.2 Å². The van der Waals surface area contributed by atoms with Crippen LogP contribution in [-0.4, -0.2) is 0 Å². The van der Waals surface area contributed by atoms with E-state index in [1.54, 1.807) is 0 Å². The molecule has 0 N–H and O–H groups in total. The van der Waals surface area contributed by atoms with E-state index in [1.165, 1.54) is 66.1 Å². The maximum Gasteiger partial charge on any atom is 0.0469 e. The zero-order valence-corrected chi connectivity index (χ0v) is 39.8. The van der Waals surface area contributed by atoms with Crippen molar-refractivity contribution < 1.29 is 0 Å². The van der Waals surface area contributed by atoms with E-state index in [0.29, 0.717) is 0 Å². The molecule has 0 aliphatic heterocycles. The maximum atomic E-state index is 5.57. The second-order valence-corrected chi connectivity index (χ2v) is 18.3. The van der Waals surface area contributed by atoms with Crippen LogP contribution in [0.15, 0.2) is 171 Å². The van der Waals surface area contributed by atoms with Crippen LogP contribution in [0.5, 0.6) is 0 Å². The lowest BCUT2D eigenvalue weighted by Gasteiger charge is -2.29. The summed E-state index contributed by atoms with van der Waals surface area (Å²) in [6.07, 6.45) is 9.99. The van der Waals surface area contributed by atoms with Crippen molar-refractivity contribution in [3.63, 3.8) is 0 Å². The van der Waals surface area contributed by atoms with Gasteiger partial charge in [0.2, 0.25) is 0 Å². The van der Waals surface area contributed by atoms with Gasteiger partial charge in [-0.1, -0.05) is 167 Å². The molecular weight excluding hydrogens is 936 g/mol. The predicted molar refractivity (Wildman–Crippen MR) is 271 cm³/mol. The summed E-state index contributed by atoms with van der Waals surface area (Å²) in [7, 11) is 0. The molecule has 0 heterocycles. The van der Waals surface area contributed by atoms with E-state index in [-0.39, 0.29) is 10.8 Å². The Kier molecular flexibility index (Phi) is 12.6. The van der Waals surface area contributed by atoms with Gasteiger partial charge in [-0.25, -0.2) is 0 Å². The van der Waals surface area contributed by atoms with Crippen molar-refractivity contribution in [2.75, 3.05) is 0 Å². The van der Waals surface area contributed by atoms with Crippen LogP contribution in [0.1, 0.15) is 92.3 Å². The fraction of sp³-hybridized carbons (Fsp3) is 0.172. The summed E-state index contributed by atoms with van der Waals surface area (Å²) in [6.45, 7) is 9.16. The molecule has 2 aliphatic carbocycles. The minimum absolute atomic E-state index is 0.0869. The van der Waals surface area contributed by atoms with E-state index in [0.717, 1.165) is 55.8 Å². The molecule has 0 amide bonds.